The van der Waals surface area contributed by atoms with Crippen molar-refractivity contribution in [3.05, 3.63) is 81.9 Å². The molecule has 0 aliphatic carbocycles. The van der Waals surface area contributed by atoms with Crippen molar-refractivity contribution in [2.45, 2.75) is 39.8 Å². The van der Waals surface area contributed by atoms with Crippen molar-refractivity contribution in [1.29, 1.82) is 0 Å². The Hall–Kier alpha value is -3.19. The van der Waals surface area contributed by atoms with Crippen LogP contribution < -0.4 is 10.6 Å². The molecule has 0 saturated heterocycles. The third-order valence-electron chi connectivity index (χ3n) is 4.43. The number of aromatic nitrogens is 2. The number of carbonyl (C=O) groups excluding carboxylic acids is 2. The van der Waals surface area contributed by atoms with Crippen LogP contribution in [-0.2, 0) is 6.54 Å². The van der Waals surface area contributed by atoms with Gasteiger partial charge in [-0.05, 0) is 69.7 Å². The van der Waals surface area contributed by atoms with Gasteiger partial charge in [0.1, 0.15) is 11.0 Å². The Morgan fingerprint density at radius 1 is 1.03 bits per heavy atom. The minimum Gasteiger partial charge on any atom is -0.347 e. The van der Waals surface area contributed by atoms with Gasteiger partial charge in [0.25, 0.3) is 11.8 Å². The maximum Gasteiger partial charge on any atom is 0.260 e. The predicted molar refractivity (Wildman–Crippen MR) is 119 cm³/mol. The number of hydrogen-bond donors (Lipinski definition) is 2. The van der Waals surface area contributed by atoms with E-state index in [4.69, 9.17) is 11.6 Å². The molecule has 1 heterocycles. The summed E-state index contributed by atoms with van der Waals surface area (Å²) in [6.07, 6.45) is 0. The van der Waals surface area contributed by atoms with Gasteiger partial charge in [-0.3, -0.25) is 9.59 Å². The van der Waals surface area contributed by atoms with E-state index in [1.54, 1.807) is 43.3 Å². The molecule has 0 fully saturated rings. The number of halogens is 2. The van der Waals surface area contributed by atoms with Crippen molar-refractivity contribution in [3.8, 4) is 0 Å². The Labute approximate surface area is 185 Å². The van der Waals surface area contributed by atoms with Crippen LogP contribution in [0.3, 0.4) is 0 Å². The first kappa shape index (κ1) is 22.5. The first-order valence-electron chi connectivity index (χ1n) is 9.75. The van der Waals surface area contributed by atoms with Crippen LogP contribution in [0, 0.1) is 12.7 Å². The van der Waals surface area contributed by atoms with E-state index in [0.29, 0.717) is 23.5 Å². The zero-order chi connectivity index (χ0) is 22.8. The quantitative estimate of drug-likeness (QED) is 0.595. The molecule has 31 heavy (non-hydrogen) atoms. The van der Waals surface area contributed by atoms with Crippen molar-refractivity contribution in [2.75, 3.05) is 5.32 Å². The summed E-state index contributed by atoms with van der Waals surface area (Å²) < 4.78 is 14.6. The molecule has 0 unspecified atom stereocenters. The zero-order valence-corrected chi connectivity index (χ0v) is 18.5. The largest absolute Gasteiger partial charge is 0.347 e. The summed E-state index contributed by atoms with van der Waals surface area (Å²) in [6, 6.07) is 12.6. The van der Waals surface area contributed by atoms with E-state index in [1.807, 2.05) is 20.8 Å². The normalized spacial score (nSPS) is 11.3. The molecule has 0 saturated carbocycles. The van der Waals surface area contributed by atoms with Gasteiger partial charge in [0.05, 0.1) is 17.8 Å². The molecule has 6 nitrogen and oxygen atoms in total. The zero-order valence-electron chi connectivity index (χ0n) is 17.8. The lowest BCUT2D eigenvalue weighted by atomic mass is 10.1. The highest BCUT2D eigenvalue weighted by atomic mass is 35.5. The second-order valence-corrected chi connectivity index (χ2v) is 8.63. The van der Waals surface area contributed by atoms with Crippen LogP contribution in [0.5, 0.6) is 0 Å². The molecule has 1 aromatic heterocycles. The molecule has 2 N–H and O–H groups in total. The minimum atomic E-state index is -0.403. The fraction of sp³-hybridized carbons (Fsp3) is 0.261. The molecule has 2 aromatic carbocycles. The van der Waals surface area contributed by atoms with Crippen LogP contribution >= 0.6 is 11.6 Å². The van der Waals surface area contributed by atoms with Gasteiger partial charge in [-0.2, -0.15) is 5.10 Å². The number of amides is 2. The highest BCUT2D eigenvalue weighted by Crippen LogP contribution is 2.23. The average Bonchev–Trinajstić information content (AvgIpc) is 2.96. The van der Waals surface area contributed by atoms with Crippen LogP contribution in [0.2, 0.25) is 5.15 Å². The van der Waals surface area contributed by atoms with Crippen molar-refractivity contribution < 1.29 is 14.0 Å². The lowest BCUT2D eigenvalue weighted by Crippen LogP contribution is -2.40. The molecule has 0 aliphatic heterocycles. The Kier molecular flexibility index (Phi) is 6.45. The molecular formula is C23H24ClFN4O2. The summed E-state index contributed by atoms with van der Waals surface area (Å²) in [5.41, 5.74) is 2.23. The van der Waals surface area contributed by atoms with Gasteiger partial charge in [0.15, 0.2) is 0 Å². The summed E-state index contributed by atoms with van der Waals surface area (Å²) in [4.78, 5) is 25.0. The summed E-state index contributed by atoms with van der Waals surface area (Å²) in [5.74, 6) is -0.917. The predicted octanol–water partition coefficient (Wildman–Crippen LogP) is 4.81. The lowest BCUT2D eigenvalue weighted by molar-refractivity contribution is 0.0919. The average molecular weight is 443 g/mol. The monoisotopic (exact) mass is 442 g/mol. The van der Waals surface area contributed by atoms with E-state index in [2.05, 4.69) is 15.7 Å². The summed E-state index contributed by atoms with van der Waals surface area (Å²) >= 11 is 6.41. The molecular weight excluding hydrogens is 419 g/mol. The number of nitrogens with zero attached hydrogens (tertiary/aromatic N) is 2. The molecule has 3 aromatic rings. The van der Waals surface area contributed by atoms with E-state index in [0.717, 1.165) is 5.56 Å². The summed E-state index contributed by atoms with van der Waals surface area (Å²) in [5, 5.41) is 10.2. The second-order valence-electron chi connectivity index (χ2n) is 8.27. The number of nitrogens with one attached hydrogen (secondary N) is 2. The van der Waals surface area contributed by atoms with Gasteiger partial charge >= 0.3 is 0 Å². The van der Waals surface area contributed by atoms with Gasteiger partial charge in [-0.1, -0.05) is 23.7 Å². The van der Waals surface area contributed by atoms with Crippen LogP contribution in [0.15, 0.2) is 48.5 Å². The third kappa shape index (κ3) is 5.70. The first-order valence-corrected chi connectivity index (χ1v) is 10.1. The first-order chi connectivity index (χ1) is 14.5. The fourth-order valence-corrected chi connectivity index (χ4v) is 3.31. The number of anilines is 1. The lowest BCUT2D eigenvalue weighted by Gasteiger charge is -2.20. The van der Waals surface area contributed by atoms with E-state index >= 15 is 0 Å². The molecule has 2 amide bonds. The molecule has 162 valence electrons. The number of benzene rings is 2. The van der Waals surface area contributed by atoms with Crippen molar-refractivity contribution in [3.63, 3.8) is 0 Å². The number of rotatable bonds is 5. The van der Waals surface area contributed by atoms with E-state index in [1.165, 1.54) is 16.8 Å². The number of hydrogen-bond acceptors (Lipinski definition) is 3. The Morgan fingerprint density at radius 3 is 2.23 bits per heavy atom. The highest BCUT2D eigenvalue weighted by Gasteiger charge is 2.21. The van der Waals surface area contributed by atoms with Gasteiger partial charge in [0.2, 0.25) is 0 Å². The van der Waals surface area contributed by atoms with Crippen LogP contribution in [0.25, 0.3) is 0 Å². The van der Waals surface area contributed by atoms with Crippen molar-refractivity contribution in [2.24, 2.45) is 0 Å². The maximum absolute atomic E-state index is 13.1. The standard InChI is InChI=1S/C23H24ClFN4O2/c1-14-19(20(24)29(28-14)13-15-5-9-17(25)10-6-15)22(31)26-18-11-7-16(8-12-18)21(30)27-23(2,3)4/h5-12H,13H2,1-4H3,(H,26,31)(H,27,30). The third-order valence-corrected chi connectivity index (χ3v) is 4.82. The van der Waals surface area contributed by atoms with Crippen LogP contribution in [0.4, 0.5) is 10.1 Å². The van der Waals surface area contributed by atoms with Crippen LogP contribution in [-0.4, -0.2) is 27.1 Å². The maximum atomic E-state index is 13.1. The molecule has 0 radical (unpaired) electrons. The van der Waals surface area contributed by atoms with Gasteiger partial charge < -0.3 is 10.6 Å². The van der Waals surface area contributed by atoms with Gasteiger partial charge in [0, 0.05) is 16.8 Å². The van der Waals surface area contributed by atoms with Crippen LogP contribution in [0.1, 0.15) is 52.7 Å². The van der Waals surface area contributed by atoms with Gasteiger partial charge in [-0.25, -0.2) is 9.07 Å². The smallest absolute Gasteiger partial charge is 0.260 e. The summed E-state index contributed by atoms with van der Waals surface area (Å²) in [6.45, 7) is 7.72. The Morgan fingerprint density at radius 2 is 1.65 bits per heavy atom. The van der Waals surface area contributed by atoms with Crippen molar-refractivity contribution in [1.82, 2.24) is 15.1 Å². The SMILES string of the molecule is Cc1nn(Cc2ccc(F)cc2)c(Cl)c1C(=O)Nc1ccc(C(=O)NC(C)(C)C)cc1. The Balaban J connectivity index is 1.72. The summed E-state index contributed by atoms with van der Waals surface area (Å²) in [7, 11) is 0. The topological polar surface area (TPSA) is 76.0 Å². The highest BCUT2D eigenvalue weighted by molar-refractivity contribution is 6.33. The minimum absolute atomic E-state index is 0.189. The van der Waals surface area contributed by atoms with Crippen molar-refractivity contribution >= 4 is 29.1 Å². The van der Waals surface area contributed by atoms with E-state index < -0.39 is 5.91 Å². The molecule has 0 atom stereocenters. The Bertz CT molecular complexity index is 1100. The molecule has 0 bridgehead atoms. The van der Waals surface area contributed by atoms with E-state index in [-0.39, 0.29) is 28.0 Å². The molecule has 8 heteroatoms. The van der Waals surface area contributed by atoms with Gasteiger partial charge in [-0.15, -0.1) is 0 Å². The van der Waals surface area contributed by atoms with E-state index in [9.17, 15) is 14.0 Å². The molecule has 0 spiro atoms. The molecule has 0 aliphatic rings. The number of carbonyl (C=O) groups is 2. The molecule has 3 rings (SSSR count). The second kappa shape index (κ2) is 8.89. The number of aryl methyl sites for hydroxylation is 1. The fourth-order valence-electron chi connectivity index (χ4n) is 2.99.